The molecule has 0 bridgehead atoms. The van der Waals surface area contributed by atoms with E-state index in [1.165, 1.54) is 0 Å². The second kappa shape index (κ2) is 5.32. The molecule has 1 saturated carbocycles. The molecule has 0 aromatic carbocycles. The van der Waals surface area contributed by atoms with Crippen molar-refractivity contribution >= 4 is 5.91 Å². The van der Waals surface area contributed by atoms with Gasteiger partial charge in [-0.2, -0.15) is 0 Å². The average Bonchev–Trinajstić information content (AvgIpc) is 2.12. The first-order valence-corrected chi connectivity index (χ1v) is 5.35. The summed E-state index contributed by atoms with van der Waals surface area (Å²) in [6, 6.07) is 0. The standard InChI is InChI=1S/C10H20N2O2/c11-7-2-1-4-9(13)12-8-10(14)5-3-6-10/h14H,1-8,11H2,(H,12,13). The van der Waals surface area contributed by atoms with Crippen LogP contribution in [0.15, 0.2) is 0 Å². The molecule has 0 aliphatic heterocycles. The van der Waals surface area contributed by atoms with Crippen LogP contribution in [0, 0.1) is 0 Å². The molecule has 1 rings (SSSR count). The van der Waals surface area contributed by atoms with Gasteiger partial charge in [-0.05, 0) is 38.6 Å². The first-order valence-electron chi connectivity index (χ1n) is 5.35. The highest BCUT2D eigenvalue weighted by atomic mass is 16.3. The van der Waals surface area contributed by atoms with Crippen molar-refractivity contribution in [1.82, 2.24) is 5.32 Å². The van der Waals surface area contributed by atoms with Crippen LogP contribution in [0.3, 0.4) is 0 Å². The zero-order chi connectivity index (χ0) is 10.4. The maximum atomic E-state index is 11.2. The molecule has 1 fully saturated rings. The lowest BCUT2D eigenvalue weighted by Crippen LogP contribution is -2.47. The van der Waals surface area contributed by atoms with Crippen molar-refractivity contribution in [3.05, 3.63) is 0 Å². The van der Waals surface area contributed by atoms with Gasteiger partial charge in [-0.1, -0.05) is 0 Å². The lowest BCUT2D eigenvalue weighted by atomic mass is 9.80. The molecule has 82 valence electrons. The third kappa shape index (κ3) is 3.64. The van der Waals surface area contributed by atoms with Crippen LogP contribution in [-0.2, 0) is 4.79 Å². The highest BCUT2D eigenvalue weighted by Crippen LogP contribution is 2.30. The number of rotatable bonds is 6. The maximum Gasteiger partial charge on any atom is 0.220 e. The number of carbonyl (C=O) groups excluding carboxylic acids is 1. The molecule has 0 unspecified atom stereocenters. The summed E-state index contributed by atoms with van der Waals surface area (Å²) in [6.45, 7) is 1.05. The fourth-order valence-electron chi connectivity index (χ4n) is 1.54. The van der Waals surface area contributed by atoms with Gasteiger partial charge in [0.25, 0.3) is 0 Å². The van der Waals surface area contributed by atoms with Crippen molar-refractivity contribution in [2.24, 2.45) is 5.73 Å². The van der Waals surface area contributed by atoms with Gasteiger partial charge < -0.3 is 16.2 Å². The Kier molecular flexibility index (Phi) is 4.35. The Morgan fingerprint density at radius 1 is 1.43 bits per heavy atom. The lowest BCUT2D eigenvalue weighted by Gasteiger charge is -2.36. The summed E-state index contributed by atoms with van der Waals surface area (Å²) < 4.78 is 0. The third-order valence-corrected chi connectivity index (χ3v) is 2.76. The summed E-state index contributed by atoms with van der Waals surface area (Å²) in [7, 11) is 0. The van der Waals surface area contributed by atoms with E-state index in [-0.39, 0.29) is 5.91 Å². The molecular weight excluding hydrogens is 180 g/mol. The van der Waals surface area contributed by atoms with Crippen molar-refractivity contribution in [3.8, 4) is 0 Å². The van der Waals surface area contributed by atoms with Gasteiger partial charge in [-0.3, -0.25) is 4.79 Å². The first-order chi connectivity index (χ1) is 6.66. The quantitative estimate of drug-likeness (QED) is 0.534. The monoisotopic (exact) mass is 200 g/mol. The van der Waals surface area contributed by atoms with Crippen LogP contribution in [0.4, 0.5) is 0 Å². The second-order valence-electron chi connectivity index (χ2n) is 4.10. The molecule has 4 N–H and O–H groups in total. The fourth-order valence-corrected chi connectivity index (χ4v) is 1.54. The minimum atomic E-state index is -0.608. The van der Waals surface area contributed by atoms with Crippen LogP contribution in [0.25, 0.3) is 0 Å². The van der Waals surface area contributed by atoms with Crippen LogP contribution >= 0.6 is 0 Å². The van der Waals surface area contributed by atoms with Crippen LogP contribution in [-0.4, -0.2) is 29.7 Å². The van der Waals surface area contributed by atoms with Crippen LogP contribution in [0.1, 0.15) is 38.5 Å². The van der Waals surface area contributed by atoms with Gasteiger partial charge in [-0.25, -0.2) is 0 Å². The molecule has 0 radical (unpaired) electrons. The Hall–Kier alpha value is -0.610. The number of nitrogens with one attached hydrogen (secondary N) is 1. The number of unbranched alkanes of at least 4 members (excludes halogenated alkanes) is 1. The summed E-state index contributed by atoms with van der Waals surface area (Å²) in [5.74, 6) is 0.0266. The minimum Gasteiger partial charge on any atom is -0.388 e. The molecule has 0 saturated heterocycles. The molecule has 14 heavy (non-hydrogen) atoms. The molecule has 1 aliphatic carbocycles. The van der Waals surface area contributed by atoms with Crippen molar-refractivity contribution < 1.29 is 9.90 Å². The predicted molar refractivity (Wildman–Crippen MR) is 54.7 cm³/mol. The second-order valence-corrected chi connectivity index (χ2v) is 4.10. The molecule has 0 aromatic rings. The molecule has 4 nitrogen and oxygen atoms in total. The van der Waals surface area contributed by atoms with E-state index in [1.54, 1.807) is 0 Å². The highest BCUT2D eigenvalue weighted by Gasteiger charge is 2.34. The zero-order valence-corrected chi connectivity index (χ0v) is 8.59. The molecule has 0 spiro atoms. The largest absolute Gasteiger partial charge is 0.388 e. The summed E-state index contributed by atoms with van der Waals surface area (Å²) >= 11 is 0. The first kappa shape index (κ1) is 11.5. The molecule has 0 heterocycles. The minimum absolute atomic E-state index is 0.0266. The highest BCUT2D eigenvalue weighted by molar-refractivity contribution is 5.75. The van der Waals surface area contributed by atoms with E-state index in [0.717, 1.165) is 32.1 Å². The topological polar surface area (TPSA) is 75.4 Å². The van der Waals surface area contributed by atoms with Gasteiger partial charge in [0.15, 0.2) is 0 Å². The van der Waals surface area contributed by atoms with Crippen LogP contribution in [0.2, 0.25) is 0 Å². The Morgan fingerprint density at radius 2 is 2.14 bits per heavy atom. The van der Waals surface area contributed by atoms with Gasteiger partial charge in [0.1, 0.15) is 0 Å². The van der Waals surface area contributed by atoms with Crippen molar-refractivity contribution in [2.75, 3.05) is 13.1 Å². The number of hydrogen-bond acceptors (Lipinski definition) is 3. The van der Waals surface area contributed by atoms with Crippen molar-refractivity contribution in [2.45, 2.75) is 44.1 Å². The molecular formula is C10H20N2O2. The molecule has 4 heteroatoms. The predicted octanol–water partition coefficient (Wildman–Crippen LogP) is 0.147. The summed E-state index contributed by atoms with van der Waals surface area (Å²) in [5, 5.41) is 12.5. The molecule has 1 aliphatic rings. The fraction of sp³-hybridized carbons (Fsp3) is 0.900. The Labute approximate surface area is 84.9 Å². The number of amides is 1. The van der Waals surface area contributed by atoms with E-state index in [1.807, 2.05) is 0 Å². The summed E-state index contributed by atoms with van der Waals surface area (Å²) in [5.41, 5.74) is 4.71. The smallest absolute Gasteiger partial charge is 0.220 e. The molecule has 0 aromatic heterocycles. The van der Waals surface area contributed by atoms with Crippen molar-refractivity contribution in [1.29, 1.82) is 0 Å². The van der Waals surface area contributed by atoms with E-state index in [9.17, 15) is 9.90 Å². The van der Waals surface area contributed by atoms with E-state index in [2.05, 4.69) is 5.32 Å². The van der Waals surface area contributed by atoms with Gasteiger partial charge >= 0.3 is 0 Å². The number of hydrogen-bond donors (Lipinski definition) is 3. The molecule has 1 amide bonds. The zero-order valence-electron chi connectivity index (χ0n) is 8.59. The van der Waals surface area contributed by atoms with Gasteiger partial charge in [0, 0.05) is 13.0 Å². The van der Waals surface area contributed by atoms with Crippen molar-refractivity contribution in [3.63, 3.8) is 0 Å². The van der Waals surface area contributed by atoms with E-state index < -0.39 is 5.60 Å². The van der Waals surface area contributed by atoms with Gasteiger partial charge in [0.05, 0.1) is 5.60 Å². The maximum absolute atomic E-state index is 11.2. The average molecular weight is 200 g/mol. The number of carbonyl (C=O) groups is 1. The van der Waals surface area contributed by atoms with E-state index in [4.69, 9.17) is 5.73 Å². The number of nitrogens with two attached hydrogens (primary N) is 1. The normalized spacial score (nSPS) is 18.7. The van der Waals surface area contributed by atoms with Gasteiger partial charge in [0.2, 0.25) is 5.91 Å². The third-order valence-electron chi connectivity index (χ3n) is 2.76. The molecule has 0 atom stereocenters. The lowest BCUT2D eigenvalue weighted by molar-refractivity contribution is -0.123. The summed E-state index contributed by atoms with van der Waals surface area (Å²) in [4.78, 5) is 11.2. The van der Waals surface area contributed by atoms with Gasteiger partial charge in [-0.15, -0.1) is 0 Å². The number of aliphatic hydroxyl groups is 1. The Morgan fingerprint density at radius 3 is 2.64 bits per heavy atom. The summed E-state index contributed by atoms with van der Waals surface area (Å²) in [6.07, 6.45) is 4.94. The Balaban J connectivity index is 2.03. The van der Waals surface area contributed by atoms with E-state index in [0.29, 0.717) is 19.5 Å². The van der Waals surface area contributed by atoms with E-state index >= 15 is 0 Å². The van der Waals surface area contributed by atoms with Crippen LogP contribution in [0.5, 0.6) is 0 Å². The Bertz CT molecular complexity index is 191. The van der Waals surface area contributed by atoms with Crippen LogP contribution < -0.4 is 11.1 Å². The SMILES string of the molecule is NCCCCC(=O)NCC1(O)CCC1.